The molecule has 0 bridgehead atoms. The lowest BCUT2D eigenvalue weighted by molar-refractivity contribution is -0.114. The van der Waals surface area contributed by atoms with Crippen molar-refractivity contribution in [3.05, 3.63) is 66.4 Å². The monoisotopic (exact) mass is 405 g/mol. The lowest BCUT2D eigenvalue weighted by atomic mass is 10.2. The van der Waals surface area contributed by atoms with Gasteiger partial charge in [-0.15, -0.1) is 0 Å². The van der Waals surface area contributed by atoms with Gasteiger partial charge in [0, 0.05) is 37.5 Å². The zero-order valence-corrected chi connectivity index (χ0v) is 16.7. The Morgan fingerprint density at radius 3 is 2.30 bits per heavy atom. The van der Waals surface area contributed by atoms with Crippen LogP contribution in [-0.2, 0) is 9.53 Å². The number of rotatable bonds is 5. The molecule has 8 nitrogen and oxygen atoms in total. The first kappa shape index (κ1) is 19.7. The highest BCUT2D eigenvalue weighted by Crippen LogP contribution is 2.21. The van der Waals surface area contributed by atoms with Crippen LogP contribution in [0.2, 0.25) is 0 Å². The maximum absolute atomic E-state index is 12.8. The molecule has 2 amide bonds. The van der Waals surface area contributed by atoms with Crippen LogP contribution >= 0.6 is 0 Å². The van der Waals surface area contributed by atoms with Crippen molar-refractivity contribution in [2.24, 2.45) is 0 Å². The highest BCUT2D eigenvalue weighted by Gasteiger charge is 2.17. The number of nitrogens with one attached hydrogen (secondary N) is 2. The van der Waals surface area contributed by atoms with Crippen molar-refractivity contribution in [2.75, 3.05) is 41.8 Å². The first-order chi connectivity index (χ1) is 14.6. The molecule has 1 saturated heterocycles. The van der Waals surface area contributed by atoms with E-state index in [0.29, 0.717) is 11.5 Å². The third kappa shape index (κ3) is 4.49. The molecule has 1 fully saturated rings. The van der Waals surface area contributed by atoms with E-state index >= 15 is 0 Å². The normalized spacial score (nSPS) is 13.7. The maximum atomic E-state index is 12.8. The second-order valence-corrected chi connectivity index (χ2v) is 6.94. The molecule has 1 aliphatic heterocycles. The number of benzene rings is 2. The van der Waals surface area contributed by atoms with Crippen molar-refractivity contribution < 1.29 is 14.3 Å². The van der Waals surface area contributed by atoms with Gasteiger partial charge in [-0.05, 0) is 36.4 Å². The standard InChI is InChI=1S/C22H23N5O3/c1-16(28)23-21-15-20(25-27(21)19-5-3-2-4-6-19)22(29)24-17-7-9-18(10-8-17)26-11-13-30-14-12-26/h2-10,15H,11-14H2,1H3,(H,23,28)(H,24,29). The molecule has 2 heterocycles. The Morgan fingerprint density at radius 1 is 0.933 bits per heavy atom. The molecule has 2 aromatic carbocycles. The summed E-state index contributed by atoms with van der Waals surface area (Å²) in [7, 11) is 0. The smallest absolute Gasteiger partial charge is 0.276 e. The van der Waals surface area contributed by atoms with Gasteiger partial charge in [-0.2, -0.15) is 5.10 Å². The van der Waals surface area contributed by atoms with Crippen LogP contribution in [0.3, 0.4) is 0 Å². The SMILES string of the molecule is CC(=O)Nc1cc(C(=O)Nc2ccc(N3CCOCC3)cc2)nn1-c1ccccc1. The second-order valence-electron chi connectivity index (χ2n) is 6.94. The predicted molar refractivity (Wildman–Crippen MR) is 115 cm³/mol. The number of para-hydroxylation sites is 1. The van der Waals surface area contributed by atoms with Crippen molar-refractivity contribution in [3.8, 4) is 5.69 Å². The molecular formula is C22H23N5O3. The van der Waals surface area contributed by atoms with Gasteiger partial charge in [-0.3, -0.25) is 9.59 Å². The van der Waals surface area contributed by atoms with Crippen LogP contribution < -0.4 is 15.5 Å². The van der Waals surface area contributed by atoms with Crippen molar-refractivity contribution in [2.45, 2.75) is 6.92 Å². The third-order valence-corrected chi connectivity index (χ3v) is 4.75. The molecule has 0 spiro atoms. The summed E-state index contributed by atoms with van der Waals surface area (Å²) in [5.41, 5.74) is 2.72. The van der Waals surface area contributed by atoms with E-state index in [4.69, 9.17) is 4.74 Å². The van der Waals surface area contributed by atoms with Crippen LogP contribution in [-0.4, -0.2) is 47.9 Å². The van der Waals surface area contributed by atoms with Gasteiger partial charge in [0.05, 0.1) is 18.9 Å². The predicted octanol–water partition coefficient (Wildman–Crippen LogP) is 2.92. The number of carbonyl (C=O) groups is 2. The van der Waals surface area contributed by atoms with Crippen molar-refractivity contribution >= 4 is 29.0 Å². The number of aromatic nitrogens is 2. The highest BCUT2D eigenvalue weighted by atomic mass is 16.5. The number of amides is 2. The van der Waals surface area contributed by atoms with E-state index in [1.165, 1.54) is 11.6 Å². The van der Waals surface area contributed by atoms with E-state index < -0.39 is 0 Å². The first-order valence-electron chi connectivity index (χ1n) is 9.77. The number of carbonyl (C=O) groups excluding carboxylic acids is 2. The molecule has 3 aromatic rings. The number of morpholine rings is 1. The van der Waals surface area contributed by atoms with E-state index in [2.05, 4.69) is 20.6 Å². The molecule has 0 radical (unpaired) electrons. The molecule has 0 saturated carbocycles. The summed E-state index contributed by atoms with van der Waals surface area (Å²) in [5, 5.41) is 9.97. The van der Waals surface area contributed by atoms with Gasteiger partial charge in [-0.25, -0.2) is 4.68 Å². The quantitative estimate of drug-likeness (QED) is 0.681. The van der Waals surface area contributed by atoms with Crippen LogP contribution in [0, 0.1) is 0 Å². The Kier molecular flexibility index (Phi) is 5.76. The average molecular weight is 405 g/mol. The van der Waals surface area contributed by atoms with Crippen LogP contribution in [0.5, 0.6) is 0 Å². The Bertz CT molecular complexity index is 1020. The molecule has 154 valence electrons. The minimum atomic E-state index is -0.351. The number of hydrogen-bond donors (Lipinski definition) is 2. The average Bonchev–Trinajstić information content (AvgIpc) is 3.19. The van der Waals surface area contributed by atoms with Crippen molar-refractivity contribution in [1.29, 1.82) is 0 Å². The number of anilines is 3. The fraction of sp³-hybridized carbons (Fsp3) is 0.227. The molecule has 0 atom stereocenters. The van der Waals surface area contributed by atoms with E-state index in [0.717, 1.165) is 37.7 Å². The summed E-state index contributed by atoms with van der Waals surface area (Å²) in [6.45, 7) is 4.57. The first-order valence-corrected chi connectivity index (χ1v) is 9.77. The highest BCUT2D eigenvalue weighted by molar-refractivity contribution is 6.04. The Hall–Kier alpha value is -3.65. The molecule has 4 rings (SSSR count). The van der Waals surface area contributed by atoms with Gasteiger partial charge in [-0.1, -0.05) is 18.2 Å². The van der Waals surface area contributed by atoms with Gasteiger partial charge >= 0.3 is 0 Å². The molecule has 0 unspecified atom stereocenters. The second kappa shape index (κ2) is 8.79. The summed E-state index contributed by atoms with van der Waals surface area (Å²) in [5.74, 6) is -0.158. The minimum absolute atomic E-state index is 0.208. The largest absolute Gasteiger partial charge is 0.378 e. The van der Waals surface area contributed by atoms with E-state index in [9.17, 15) is 9.59 Å². The summed E-state index contributed by atoms with van der Waals surface area (Å²) in [6, 6.07) is 18.6. The Labute approximate surface area is 174 Å². The number of ether oxygens (including phenoxy) is 1. The summed E-state index contributed by atoms with van der Waals surface area (Å²) >= 11 is 0. The van der Waals surface area contributed by atoms with E-state index in [-0.39, 0.29) is 17.5 Å². The van der Waals surface area contributed by atoms with Gasteiger partial charge in [0.1, 0.15) is 5.82 Å². The van der Waals surface area contributed by atoms with Crippen LogP contribution in [0.4, 0.5) is 17.2 Å². The molecule has 8 heteroatoms. The minimum Gasteiger partial charge on any atom is -0.378 e. The molecular weight excluding hydrogens is 382 g/mol. The van der Waals surface area contributed by atoms with Gasteiger partial charge < -0.3 is 20.3 Å². The Morgan fingerprint density at radius 2 is 1.63 bits per heavy atom. The lowest BCUT2D eigenvalue weighted by Crippen LogP contribution is -2.36. The van der Waals surface area contributed by atoms with E-state index in [1.807, 2.05) is 54.6 Å². The van der Waals surface area contributed by atoms with Crippen molar-refractivity contribution in [1.82, 2.24) is 9.78 Å². The molecule has 0 aliphatic carbocycles. The molecule has 30 heavy (non-hydrogen) atoms. The molecule has 1 aliphatic rings. The summed E-state index contributed by atoms with van der Waals surface area (Å²) < 4.78 is 6.92. The van der Waals surface area contributed by atoms with Crippen LogP contribution in [0.1, 0.15) is 17.4 Å². The maximum Gasteiger partial charge on any atom is 0.276 e. The molecule has 2 N–H and O–H groups in total. The summed E-state index contributed by atoms with van der Waals surface area (Å²) in [6.07, 6.45) is 0. The third-order valence-electron chi connectivity index (χ3n) is 4.75. The van der Waals surface area contributed by atoms with Gasteiger partial charge in [0.25, 0.3) is 5.91 Å². The Balaban J connectivity index is 1.51. The number of nitrogens with zero attached hydrogens (tertiary/aromatic N) is 3. The van der Waals surface area contributed by atoms with Crippen LogP contribution in [0.25, 0.3) is 5.69 Å². The van der Waals surface area contributed by atoms with Gasteiger partial charge in [0.15, 0.2) is 5.69 Å². The fourth-order valence-electron chi connectivity index (χ4n) is 3.30. The number of hydrogen-bond acceptors (Lipinski definition) is 5. The zero-order chi connectivity index (χ0) is 20.9. The van der Waals surface area contributed by atoms with Crippen molar-refractivity contribution in [3.63, 3.8) is 0 Å². The zero-order valence-electron chi connectivity index (χ0n) is 16.7. The fourth-order valence-corrected chi connectivity index (χ4v) is 3.30. The lowest BCUT2D eigenvalue weighted by Gasteiger charge is -2.28. The molecule has 1 aromatic heterocycles. The topological polar surface area (TPSA) is 88.5 Å². The summed E-state index contributed by atoms with van der Waals surface area (Å²) in [4.78, 5) is 26.6. The van der Waals surface area contributed by atoms with Crippen LogP contribution in [0.15, 0.2) is 60.7 Å². The van der Waals surface area contributed by atoms with E-state index in [1.54, 1.807) is 6.07 Å². The van der Waals surface area contributed by atoms with Gasteiger partial charge in [0.2, 0.25) is 5.91 Å².